The molecule has 0 amide bonds. The van der Waals surface area contributed by atoms with Crippen LogP contribution in [-0.2, 0) is 6.42 Å². The second-order valence-electron chi connectivity index (χ2n) is 2.56. The third-order valence-corrected chi connectivity index (χ3v) is 1.68. The van der Waals surface area contributed by atoms with Crippen LogP contribution in [0.15, 0.2) is 12.1 Å². The van der Waals surface area contributed by atoms with Gasteiger partial charge in [0.05, 0.1) is 0 Å². The van der Waals surface area contributed by atoms with Crippen LogP contribution in [0.5, 0.6) is 0 Å². The lowest BCUT2D eigenvalue weighted by atomic mass is 10.1. The molecule has 0 radical (unpaired) electrons. The van der Waals surface area contributed by atoms with E-state index in [0.29, 0.717) is 5.56 Å². The Morgan fingerprint density at radius 1 is 1.27 bits per heavy atom. The van der Waals surface area contributed by atoms with Crippen molar-refractivity contribution in [3.63, 3.8) is 0 Å². The molecule has 1 aromatic carbocycles. The van der Waals surface area contributed by atoms with Gasteiger partial charge in [-0.05, 0) is 30.5 Å². The third-order valence-electron chi connectivity index (χ3n) is 1.68. The van der Waals surface area contributed by atoms with Gasteiger partial charge in [0.25, 0.3) is 0 Å². The minimum atomic E-state index is -0.748. The van der Waals surface area contributed by atoms with E-state index in [4.69, 9.17) is 0 Å². The van der Waals surface area contributed by atoms with E-state index < -0.39 is 11.6 Å². The minimum absolute atomic E-state index is 0.377. The molecule has 60 valence electrons. The number of hydrogen-bond acceptors (Lipinski definition) is 0. The zero-order valence-corrected chi connectivity index (χ0v) is 6.62. The van der Waals surface area contributed by atoms with Crippen LogP contribution in [-0.4, -0.2) is 0 Å². The lowest BCUT2D eigenvalue weighted by Crippen LogP contribution is -1.91. The van der Waals surface area contributed by atoms with Crippen LogP contribution in [0.25, 0.3) is 0 Å². The number of benzene rings is 1. The largest absolute Gasteiger partial charge is 0.204 e. The van der Waals surface area contributed by atoms with Gasteiger partial charge in [-0.2, -0.15) is 0 Å². The summed E-state index contributed by atoms with van der Waals surface area (Å²) in [5.74, 6) is -1.48. The van der Waals surface area contributed by atoms with Gasteiger partial charge in [-0.1, -0.05) is 13.0 Å². The molecule has 1 rings (SSSR count). The summed E-state index contributed by atoms with van der Waals surface area (Å²) in [4.78, 5) is 0. The van der Waals surface area contributed by atoms with Gasteiger partial charge in [0, 0.05) is 0 Å². The molecule has 0 spiro atoms. The SMILES string of the molecule is CCc1cc(C)c(F)c(F)c1. The van der Waals surface area contributed by atoms with Crippen LogP contribution in [0.4, 0.5) is 8.78 Å². The van der Waals surface area contributed by atoms with E-state index in [-0.39, 0.29) is 0 Å². The number of rotatable bonds is 1. The first-order chi connectivity index (χ1) is 5.15. The highest BCUT2D eigenvalue weighted by Crippen LogP contribution is 2.13. The number of halogens is 2. The summed E-state index contributed by atoms with van der Waals surface area (Å²) < 4.78 is 25.3. The monoisotopic (exact) mass is 156 g/mol. The van der Waals surface area contributed by atoms with Crippen LogP contribution in [0.2, 0.25) is 0 Å². The molecule has 0 atom stereocenters. The normalized spacial score (nSPS) is 10.2. The fraction of sp³-hybridized carbons (Fsp3) is 0.333. The highest BCUT2D eigenvalue weighted by atomic mass is 19.2. The molecule has 11 heavy (non-hydrogen) atoms. The van der Waals surface area contributed by atoms with E-state index in [1.165, 1.54) is 6.07 Å². The van der Waals surface area contributed by atoms with Crippen molar-refractivity contribution in [2.24, 2.45) is 0 Å². The molecule has 0 aliphatic rings. The minimum Gasteiger partial charge on any atom is -0.204 e. The average molecular weight is 156 g/mol. The van der Waals surface area contributed by atoms with Crippen molar-refractivity contribution in [2.45, 2.75) is 20.3 Å². The van der Waals surface area contributed by atoms with Crippen LogP contribution < -0.4 is 0 Å². The maximum atomic E-state index is 12.7. The Labute approximate surface area is 64.9 Å². The summed E-state index contributed by atoms with van der Waals surface area (Å²) in [6.07, 6.45) is 0.734. The van der Waals surface area contributed by atoms with Crippen molar-refractivity contribution >= 4 is 0 Å². The van der Waals surface area contributed by atoms with Gasteiger partial charge in [-0.25, -0.2) is 8.78 Å². The fourth-order valence-electron chi connectivity index (χ4n) is 1.00. The second-order valence-corrected chi connectivity index (χ2v) is 2.56. The Kier molecular flexibility index (Phi) is 2.22. The first-order valence-corrected chi connectivity index (χ1v) is 3.59. The van der Waals surface area contributed by atoms with Crippen molar-refractivity contribution in [3.8, 4) is 0 Å². The first kappa shape index (κ1) is 8.18. The quantitative estimate of drug-likeness (QED) is 0.586. The average Bonchev–Trinajstić information content (AvgIpc) is 1.99. The molecule has 0 saturated heterocycles. The van der Waals surface area contributed by atoms with Crippen LogP contribution in [0.1, 0.15) is 18.1 Å². The van der Waals surface area contributed by atoms with Crippen LogP contribution in [0, 0.1) is 18.6 Å². The Morgan fingerprint density at radius 2 is 1.91 bits per heavy atom. The van der Waals surface area contributed by atoms with E-state index in [1.807, 2.05) is 6.92 Å². The van der Waals surface area contributed by atoms with Gasteiger partial charge >= 0.3 is 0 Å². The molecule has 0 fully saturated rings. The van der Waals surface area contributed by atoms with Gasteiger partial charge in [-0.15, -0.1) is 0 Å². The van der Waals surface area contributed by atoms with Gasteiger partial charge in [0.2, 0.25) is 0 Å². The first-order valence-electron chi connectivity index (χ1n) is 3.59. The highest BCUT2D eigenvalue weighted by molar-refractivity contribution is 5.25. The molecule has 0 aromatic heterocycles. The van der Waals surface area contributed by atoms with Gasteiger partial charge in [-0.3, -0.25) is 0 Å². The van der Waals surface area contributed by atoms with Crippen molar-refractivity contribution in [2.75, 3.05) is 0 Å². The molecule has 0 bridgehead atoms. The molecular formula is C9H10F2. The van der Waals surface area contributed by atoms with Crippen LogP contribution in [0.3, 0.4) is 0 Å². The predicted octanol–water partition coefficient (Wildman–Crippen LogP) is 2.84. The van der Waals surface area contributed by atoms with Crippen LogP contribution >= 0.6 is 0 Å². The number of aryl methyl sites for hydroxylation is 2. The Hall–Kier alpha value is -0.920. The summed E-state index contributed by atoms with van der Waals surface area (Å²) in [6.45, 7) is 3.48. The summed E-state index contributed by atoms with van der Waals surface area (Å²) >= 11 is 0. The second kappa shape index (κ2) is 2.99. The van der Waals surface area contributed by atoms with Gasteiger partial charge in [0.15, 0.2) is 11.6 Å². The molecule has 2 heteroatoms. The Bertz CT molecular complexity index is 243. The van der Waals surface area contributed by atoms with Crippen molar-refractivity contribution in [1.29, 1.82) is 0 Å². The zero-order chi connectivity index (χ0) is 8.43. The van der Waals surface area contributed by atoms with E-state index in [2.05, 4.69) is 0 Å². The zero-order valence-electron chi connectivity index (χ0n) is 6.62. The van der Waals surface area contributed by atoms with E-state index in [0.717, 1.165) is 12.0 Å². The highest BCUT2D eigenvalue weighted by Gasteiger charge is 2.05. The molecule has 0 unspecified atom stereocenters. The third kappa shape index (κ3) is 1.56. The molecule has 0 heterocycles. The van der Waals surface area contributed by atoms with E-state index in [1.54, 1.807) is 13.0 Å². The van der Waals surface area contributed by atoms with Gasteiger partial charge in [0.1, 0.15) is 0 Å². The lowest BCUT2D eigenvalue weighted by Gasteiger charge is -2.01. The molecule has 0 nitrogen and oxygen atoms in total. The predicted molar refractivity (Wildman–Crippen MR) is 40.5 cm³/mol. The lowest BCUT2D eigenvalue weighted by molar-refractivity contribution is 0.501. The smallest absolute Gasteiger partial charge is 0.161 e. The maximum Gasteiger partial charge on any atom is 0.161 e. The number of hydrogen-bond donors (Lipinski definition) is 0. The van der Waals surface area contributed by atoms with Crippen molar-refractivity contribution < 1.29 is 8.78 Å². The van der Waals surface area contributed by atoms with Crippen molar-refractivity contribution in [1.82, 2.24) is 0 Å². The van der Waals surface area contributed by atoms with Crippen molar-refractivity contribution in [3.05, 3.63) is 34.9 Å². The Morgan fingerprint density at radius 3 is 2.36 bits per heavy atom. The van der Waals surface area contributed by atoms with E-state index >= 15 is 0 Å². The summed E-state index contributed by atoms with van der Waals surface area (Å²) in [6, 6.07) is 2.90. The molecule has 1 aromatic rings. The molecule has 0 N–H and O–H groups in total. The standard InChI is InChI=1S/C9H10F2/c1-3-7-4-6(2)9(11)8(10)5-7/h4-5H,3H2,1-2H3. The molecule has 0 aliphatic heterocycles. The molecule has 0 aliphatic carbocycles. The summed E-state index contributed by atoms with van der Waals surface area (Å²) in [5.41, 5.74) is 1.21. The van der Waals surface area contributed by atoms with E-state index in [9.17, 15) is 8.78 Å². The topological polar surface area (TPSA) is 0 Å². The molecule has 0 saturated carbocycles. The molecular weight excluding hydrogens is 146 g/mol. The fourth-order valence-corrected chi connectivity index (χ4v) is 1.00. The summed E-state index contributed by atoms with van der Waals surface area (Å²) in [5, 5.41) is 0. The van der Waals surface area contributed by atoms with Gasteiger partial charge < -0.3 is 0 Å². The Balaban J connectivity index is 3.21. The summed E-state index contributed by atoms with van der Waals surface area (Å²) in [7, 11) is 0. The maximum absolute atomic E-state index is 12.7.